The summed E-state index contributed by atoms with van der Waals surface area (Å²) in [6, 6.07) is 13.0. The van der Waals surface area contributed by atoms with Crippen LogP contribution in [0.1, 0.15) is 15.9 Å². The van der Waals surface area contributed by atoms with Crippen molar-refractivity contribution in [1.29, 1.82) is 0 Å². The number of amides is 2. The molecule has 1 saturated heterocycles. The number of aromatic nitrogens is 2. The maximum Gasteiger partial charge on any atom is 0.418 e. The highest BCUT2D eigenvalue weighted by Gasteiger charge is 2.36. The molecule has 8 nitrogen and oxygen atoms in total. The molecule has 2 heterocycles. The van der Waals surface area contributed by atoms with Crippen molar-refractivity contribution in [2.45, 2.75) is 6.18 Å². The zero-order chi connectivity index (χ0) is 25.0. The van der Waals surface area contributed by atoms with Crippen molar-refractivity contribution in [2.24, 2.45) is 0 Å². The number of hydrogen-bond donors (Lipinski definition) is 1. The fourth-order valence-electron chi connectivity index (χ4n) is 3.57. The fraction of sp³-hybridized carbons (Fsp3) is 0.217. The molecule has 1 aromatic heterocycles. The van der Waals surface area contributed by atoms with E-state index in [4.69, 9.17) is 4.74 Å². The van der Waals surface area contributed by atoms with Crippen LogP contribution in [0.5, 0.6) is 5.88 Å². The fourth-order valence-corrected chi connectivity index (χ4v) is 3.57. The second-order valence-corrected chi connectivity index (χ2v) is 7.58. The molecule has 0 atom stereocenters. The summed E-state index contributed by atoms with van der Waals surface area (Å²) in [5.74, 6) is -0.832. The third kappa shape index (κ3) is 5.83. The lowest BCUT2D eigenvalue weighted by Gasteiger charge is -2.35. The first-order valence-corrected chi connectivity index (χ1v) is 10.5. The Kier molecular flexibility index (Phi) is 6.80. The predicted octanol–water partition coefficient (Wildman–Crippen LogP) is 4.21. The monoisotopic (exact) mass is 489 g/mol. The highest BCUT2D eigenvalue weighted by Crippen LogP contribution is 2.32. The van der Waals surface area contributed by atoms with Crippen LogP contribution in [0.4, 0.5) is 33.9 Å². The minimum absolute atomic E-state index is 0.0831. The van der Waals surface area contributed by atoms with Gasteiger partial charge in [-0.05, 0) is 36.4 Å². The average molecular weight is 489 g/mol. The standard InChI is InChI=1S/C23H19F4N5O3/c24-15-4-3-5-16(14-15)28-22(34)35-20-9-8-19(29-30-20)31-10-12-32(13-11-31)21(33)17-6-1-2-7-18(17)23(25,26)27/h1-9,14H,10-13H2,(H,28,34). The van der Waals surface area contributed by atoms with Crippen LogP contribution in [-0.2, 0) is 6.18 Å². The summed E-state index contributed by atoms with van der Waals surface area (Å²) < 4.78 is 58.0. The number of rotatable bonds is 4. The average Bonchev–Trinajstić information content (AvgIpc) is 2.84. The molecular weight excluding hydrogens is 470 g/mol. The summed E-state index contributed by atoms with van der Waals surface area (Å²) in [5.41, 5.74) is -1.13. The Hall–Kier alpha value is -4.22. The van der Waals surface area contributed by atoms with Gasteiger partial charge in [0.25, 0.3) is 5.91 Å². The van der Waals surface area contributed by atoms with E-state index in [9.17, 15) is 27.2 Å². The molecule has 2 amide bonds. The van der Waals surface area contributed by atoms with Crippen LogP contribution in [0.2, 0.25) is 0 Å². The van der Waals surface area contributed by atoms with Gasteiger partial charge in [-0.2, -0.15) is 13.2 Å². The van der Waals surface area contributed by atoms with E-state index < -0.39 is 29.6 Å². The summed E-state index contributed by atoms with van der Waals surface area (Å²) in [6.07, 6.45) is -5.49. The van der Waals surface area contributed by atoms with Crippen LogP contribution in [-0.4, -0.2) is 53.3 Å². The molecule has 0 unspecified atom stereocenters. The van der Waals surface area contributed by atoms with Crippen molar-refractivity contribution in [3.8, 4) is 5.88 Å². The van der Waals surface area contributed by atoms with Crippen LogP contribution in [0.25, 0.3) is 0 Å². The second kappa shape index (κ2) is 9.95. The number of hydrogen-bond acceptors (Lipinski definition) is 6. The normalized spacial score (nSPS) is 13.9. The minimum atomic E-state index is -4.62. The van der Waals surface area contributed by atoms with Crippen LogP contribution >= 0.6 is 0 Å². The van der Waals surface area contributed by atoms with Gasteiger partial charge in [0.1, 0.15) is 5.82 Å². The molecule has 35 heavy (non-hydrogen) atoms. The van der Waals surface area contributed by atoms with Crippen LogP contribution in [0, 0.1) is 5.82 Å². The lowest BCUT2D eigenvalue weighted by atomic mass is 10.1. The number of carbonyl (C=O) groups excluding carboxylic acids is 2. The van der Waals surface area contributed by atoms with Crippen molar-refractivity contribution in [1.82, 2.24) is 15.1 Å². The molecule has 0 bridgehead atoms. The van der Waals surface area contributed by atoms with E-state index >= 15 is 0 Å². The summed E-state index contributed by atoms with van der Waals surface area (Å²) in [7, 11) is 0. The Bertz CT molecular complexity index is 1210. The van der Waals surface area contributed by atoms with E-state index in [0.717, 1.165) is 12.1 Å². The van der Waals surface area contributed by atoms with Gasteiger partial charge in [-0.25, -0.2) is 9.18 Å². The van der Waals surface area contributed by atoms with Crippen molar-refractivity contribution >= 4 is 23.5 Å². The highest BCUT2D eigenvalue weighted by molar-refractivity contribution is 5.96. The van der Waals surface area contributed by atoms with E-state index in [1.165, 1.54) is 47.4 Å². The van der Waals surface area contributed by atoms with Crippen LogP contribution < -0.4 is 15.0 Å². The smallest absolute Gasteiger partial charge is 0.389 e. The predicted molar refractivity (Wildman–Crippen MR) is 118 cm³/mol. The number of nitrogens with one attached hydrogen (secondary N) is 1. The number of nitrogens with zero attached hydrogens (tertiary/aromatic N) is 4. The molecule has 1 aliphatic heterocycles. The van der Waals surface area contributed by atoms with E-state index in [1.54, 1.807) is 6.07 Å². The molecule has 0 aliphatic carbocycles. The number of piperazine rings is 1. The van der Waals surface area contributed by atoms with Gasteiger partial charge in [0, 0.05) is 37.9 Å². The van der Waals surface area contributed by atoms with E-state index in [1.807, 2.05) is 4.90 Å². The minimum Gasteiger partial charge on any atom is -0.389 e. The molecule has 0 radical (unpaired) electrons. The SMILES string of the molecule is O=C(Nc1cccc(F)c1)Oc1ccc(N2CCN(C(=O)c3ccccc3C(F)(F)F)CC2)nn1. The zero-order valence-electron chi connectivity index (χ0n) is 18.1. The van der Waals surface area contributed by atoms with Gasteiger partial charge in [0.15, 0.2) is 5.82 Å². The molecule has 3 aromatic rings. The van der Waals surface area contributed by atoms with Gasteiger partial charge in [0.05, 0.1) is 11.1 Å². The Morgan fingerprint density at radius 2 is 1.66 bits per heavy atom. The summed E-state index contributed by atoms with van der Waals surface area (Å²) in [5, 5.41) is 10.2. The molecule has 182 valence electrons. The summed E-state index contributed by atoms with van der Waals surface area (Å²) >= 11 is 0. The number of benzene rings is 2. The molecule has 0 saturated carbocycles. The van der Waals surface area contributed by atoms with Gasteiger partial charge in [-0.3, -0.25) is 10.1 Å². The Labute approximate surface area is 197 Å². The van der Waals surface area contributed by atoms with Gasteiger partial charge >= 0.3 is 12.3 Å². The first-order chi connectivity index (χ1) is 16.7. The molecule has 1 aliphatic rings. The van der Waals surface area contributed by atoms with Crippen LogP contribution in [0.3, 0.4) is 0 Å². The number of halogens is 4. The number of alkyl halides is 3. The van der Waals surface area contributed by atoms with Crippen molar-refractivity contribution in [3.05, 3.63) is 77.6 Å². The van der Waals surface area contributed by atoms with Crippen molar-refractivity contribution in [3.63, 3.8) is 0 Å². The lowest BCUT2D eigenvalue weighted by Crippen LogP contribution is -2.49. The summed E-state index contributed by atoms with van der Waals surface area (Å²) in [4.78, 5) is 27.8. The molecule has 2 aromatic carbocycles. The third-order valence-corrected chi connectivity index (χ3v) is 5.25. The van der Waals surface area contributed by atoms with Gasteiger partial charge in [0.2, 0.25) is 5.88 Å². The van der Waals surface area contributed by atoms with E-state index in [-0.39, 0.29) is 30.2 Å². The first kappa shape index (κ1) is 23.9. The van der Waals surface area contributed by atoms with E-state index in [2.05, 4.69) is 15.5 Å². The number of carbonyl (C=O) groups is 2. The number of anilines is 2. The molecule has 1 N–H and O–H groups in total. The number of ether oxygens (including phenoxy) is 1. The zero-order valence-corrected chi connectivity index (χ0v) is 18.1. The topological polar surface area (TPSA) is 87.7 Å². The maximum atomic E-state index is 13.3. The quantitative estimate of drug-likeness (QED) is 0.553. The Morgan fingerprint density at radius 1 is 0.914 bits per heavy atom. The van der Waals surface area contributed by atoms with Crippen molar-refractivity contribution < 1.29 is 31.9 Å². The lowest BCUT2D eigenvalue weighted by molar-refractivity contribution is -0.138. The Balaban J connectivity index is 1.33. The third-order valence-electron chi connectivity index (χ3n) is 5.25. The molecule has 1 fully saturated rings. The van der Waals surface area contributed by atoms with Gasteiger partial charge < -0.3 is 14.5 Å². The summed E-state index contributed by atoms with van der Waals surface area (Å²) in [6.45, 7) is 1.05. The molecular formula is C23H19F4N5O3. The van der Waals surface area contributed by atoms with Crippen LogP contribution in [0.15, 0.2) is 60.7 Å². The first-order valence-electron chi connectivity index (χ1n) is 10.5. The largest absolute Gasteiger partial charge is 0.418 e. The molecule has 0 spiro atoms. The second-order valence-electron chi connectivity index (χ2n) is 7.58. The molecule has 12 heteroatoms. The molecule has 4 rings (SSSR count). The van der Waals surface area contributed by atoms with Crippen molar-refractivity contribution in [2.75, 3.05) is 36.4 Å². The highest BCUT2D eigenvalue weighted by atomic mass is 19.4. The Morgan fingerprint density at radius 3 is 2.31 bits per heavy atom. The van der Waals surface area contributed by atoms with E-state index in [0.29, 0.717) is 18.9 Å². The van der Waals surface area contributed by atoms with Gasteiger partial charge in [-0.1, -0.05) is 18.2 Å². The maximum absolute atomic E-state index is 13.3. The van der Waals surface area contributed by atoms with Gasteiger partial charge in [-0.15, -0.1) is 10.2 Å².